The Morgan fingerprint density at radius 3 is 2.52 bits per heavy atom. The first-order valence-electron chi connectivity index (χ1n) is 13.8. The van der Waals surface area contributed by atoms with Gasteiger partial charge in [0.1, 0.15) is 36.5 Å². The number of nitro groups is 1. The summed E-state index contributed by atoms with van der Waals surface area (Å²) in [7, 11) is -4.36. The molecule has 0 radical (unpaired) electrons. The van der Waals surface area contributed by atoms with E-state index in [1.165, 1.54) is 23.1 Å². The molecule has 44 heavy (non-hydrogen) atoms. The fourth-order valence-corrected chi connectivity index (χ4v) is 6.25. The maximum Gasteiger partial charge on any atom is 0.415 e. The molecule has 0 aliphatic carbocycles. The van der Waals surface area contributed by atoms with Crippen molar-refractivity contribution in [2.75, 3.05) is 49.2 Å². The van der Waals surface area contributed by atoms with Crippen molar-refractivity contribution in [3.05, 3.63) is 88.5 Å². The molecule has 3 heterocycles. The van der Waals surface area contributed by atoms with Gasteiger partial charge in [-0.2, -0.15) is 8.42 Å². The number of rotatable bonds is 8. The smallest absolute Gasteiger partial charge is 0.415 e. The number of carbonyl (C=O) groups excluding carboxylic acids is 2. The van der Waals surface area contributed by atoms with Crippen LogP contribution in [0.2, 0.25) is 0 Å². The van der Waals surface area contributed by atoms with Crippen molar-refractivity contribution >= 4 is 39.4 Å². The van der Waals surface area contributed by atoms with Crippen LogP contribution in [-0.4, -0.2) is 82.0 Å². The fraction of sp³-hybridized carbons (Fsp3) is 0.310. The lowest BCUT2D eigenvalue weighted by molar-refractivity contribution is -0.385. The number of benzene rings is 3. The number of nitro benzene ring substituents is 1. The topological polar surface area (TPSA) is 158 Å². The van der Waals surface area contributed by atoms with E-state index in [4.69, 9.17) is 18.4 Å². The summed E-state index contributed by atoms with van der Waals surface area (Å²) >= 11 is 0. The van der Waals surface area contributed by atoms with Gasteiger partial charge in [0, 0.05) is 50.1 Å². The number of piperazine rings is 1. The molecule has 3 aliphatic heterocycles. The molecule has 0 saturated carbocycles. The van der Waals surface area contributed by atoms with E-state index >= 15 is 0 Å². The Kier molecular flexibility index (Phi) is 7.97. The first kappa shape index (κ1) is 29.2. The summed E-state index contributed by atoms with van der Waals surface area (Å²) in [6.45, 7) is 1.86. The van der Waals surface area contributed by atoms with Crippen LogP contribution in [0.1, 0.15) is 5.56 Å². The molecule has 3 aromatic carbocycles. The second kappa shape index (κ2) is 12.0. The molecule has 2 saturated heterocycles. The molecule has 2 amide bonds. The van der Waals surface area contributed by atoms with Gasteiger partial charge in [-0.25, -0.2) is 9.59 Å². The highest BCUT2D eigenvalue weighted by Crippen LogP contribution is 2.41. The molecule has 3 aliphatic rings. The Morgan fingerprint density at radius 1 is 1.00 bits per heavy atom. The number of carbonyl (C=O) groups is 2. The highest BCUT2D eigenvalue weighted by atomic mass is 32.2. The van der Waals surface area contributed by atoms with Gasteiger partial charge in [0.15, 0.2) is 6.10 Å². The third kappa shape index (κ3) is 5.96. The second-order valence-electron chi connectivity index (χ2n) is 10.3. The van der Waals surface area contributed by atoms with Crippen molar-refractivity contribution in [1.29, 1.82) is 0 Å². The SMILES string of the molecule is O=C(OCc1ccccc1)N1CCN(c2ccc3c(c2)OC[C@H]2[C@H](COS(=O)(=O)c4cccc([N+](=O)[O-])c4)OC(=O)N32)CC1. The van der Waals surface area contributed by atoms with Crippen molar-refractivity contribution < 1.29 is 41.3 Å². The van der Waals surface area contributed by atoms with Crippen LogP contribution in [0.3, 0.4) is 0 Å². The molecule has 6 rings (SSSR count). The molecular formula is C29H28N4O10S. The number of hydrogen-bond donors (Lipinski definition) is 0. The number of fused-ring (bicyclic) bond motifs is 3. The Bertz CT molecular complexity index is 1680. The Hall–Kier alpha value is -4.89. The molecule has 0 spiro atoms. The van der Waals surface area contributed by atoms with Gasteiger partial charge < -0.3 is 24.0 Å². The second-order valence-corrected chi connectivity index (χ2v) is 11.9. The molecule has 0 unspecified atom stereocenters. The summed E-state index contributed by atoms with van der Waals surface area (Å²) in [5.41, 5.74) is 1.85. The Labute approximate surface area is 252 Å². The van der Waals surface area contributed by atoms with Crippen molar-refractivity contribution in [2.45, 2.75) is 23.6 Å². The van der Waals surface area contributed by atoms with Crippen LogP contribution in [-0.2, 0) is 30.4 Å². The number of amides is 2. The minimum absolute atomic E-state index is 0.0358. The number of nitrogens with zero attached hydrogens (tertiary/aromatic N) is 4. The van der Waals surface area contributed by atoms with Gasteiger partial charge in [-0.1, -0.05) is 36.4 Å². The lowest BCUT2D eigenvalue weighted by Gasteiger charge is -2.36. The molecule has 230 valence electrons. The highest BCUT2D eigenvalue weighted by Gasteiger charge is 2.47. The molecular weight excluding hydrogens is 596 g/mol. The van der Waals surface area contributed by atoms with E-state index in [1.54, 1.807) is 11.0 Å². The predicted molar refractivity (Wildman–Crippen MR) is 155 cm³/mol. The fourth-order valence-electron chi connectivity index (χ4n) is 5.29. The standard InChI is InChI=1S/C29H28N4O10S/c34-28(41-17-20-5-2-1-3-6-20)31-13-11-30(12-14-31)21-9-10-24-26(16-21)40-18-25-27(43-29(35)32(24)25)19-42-44(38,39)23-8-4-7-22(15-23)33(36)37/h1-10,15-16,25,27H,11-14,17-19H2/t25-,27-/m0/s1. The van der Waals surface area contributed by atoms with Crippen LogP contribution in [0.4, 0.5) is 26.7 Å². The minimum Gasteiger partial charge on any atom is -0.489 e. The van der Waals surface area contributed by atoms with E-state index in [0.29, 0.717) is 37.6 Å². The van der Waals surface area contributed by atoms with E-state index in [2.05, 4.69) is 4.90 Å². The van der Waals surface area contributed by atoms with Crippen LogP contribution in [0.25, 0.3) is 0 Å². The van der Waals surface area contributed by atoms with Crippen molar-refractivity contribution in [3.8, 4) is 5.75 Å². The van der Waals surface area contributed by atoms with Crippen molar-refractivity contribution in [2.24, 2.45) is 0 Å². The first-order valence-corrected chi connectivity index (χ1v) is 15.2. The average Bonchev–Trinajstić information content (AvgIpc) is 3.38. The average molecular weight is 625 g/mol. The Balaban J connectivity index is 1.06. The third-order valence-electron chi connectivity index (χ3n) is 7.63. The van der Waals surface area contributed by atoms with Gasteiger partial charge in [0.05, 0.1) is 10.6 Å². The number of cyclic esters (lactones) is 1. The van der Waals surface area contributed by atoms with Gasteiger partial charge in [-0.05, 0) is 23.8 Å². The molecule has 0 bridgehead atoms. The van der Waals surface area contributed by atoms with Gasteiger partial charge in [-0.15, -0.1) is 0 Å². The molecule has 2 atom stereocenters. The van der Waals surface area contributed by atoms with Crippen molar-refractivity contribution in [3.63, 3.8) is 0 Å². The molecule has 0 N–H and O–H groups in total. The summed E-state index contributed by atoms with van der Waals surface area (Å²) in [6, 6.07) is 18.7. The lowest BCUT2D eigenvalue weighted by Crippen LogP contribution is -2.49. The maximum absolute atomic E-state index is 12.8. The zero-order valence-corrected chi connectivity index (χ0v) is 24.1. The van der Waals surface area contributed by atoms with E-state index in [0.717, 1.165) is 17.3 Å². The van der Waals surface area contributed by atoms with Gasteiger partial charge in [-0.3, -0.25) is 19.2 Å². The monoisotopic (exact) mass is 624 g/mol. The first-order chi connectivity index (χ1) is 21.2. The summed E-state index contributed by atoms with van der Waals surface area (Å²) in [6.07, 6.45) is -1.99. The van der Waals surface area contributed by atoms with E-state index in [1.807, 2.05) is 42.5 Å². The van der Waals surface area contributed by atoms with Crippen LogP contribution < -0.4 is 14.5 Å². The minimum atomic E-state index is -4.36. The number of non-ortho nitro benzene ring substituents is 1. The summed E-state index contributed by atoms with van der Waals surface area (Å²) in [4.78, 5) is 40.5. The summed E-state index contributed by atoms with van der Waals surface area (Å²) in [5.74, 6) is 0.464. The maximum atomic E-state index is 12.8. The van der Waals surface area contributed by atoms with Crippen LogP contribution in [0.5, 0.6) is 5.75 Å². The normalized spacial score (nSPS) is 19.5. The molecule has 14 nitrogen and oxygen atoms in total. The predicted octanol–water partition coefficient (Wildman–Crippen LogP) is 3.55. The molecule has 0 aromatic heterocycles. The quantitative estimate of drug-likeness (QED) is 0.205. The summed E-state index contributed by atoms with van der Waals surface area (Å²) in [5, 5.41) is 11.0. The Morgan fingerprint density at radius 2 is 1.77 bits per heavy atom. The number of ether oxygens (including phenoxy) is 3. The number of hydrogen-bond acceptors (Lipinski definition) is 11. The summed E-state index contributed by atoms with van der Waals surface area (Å²) < 4.78 is 47.3. The zero-order chi connectivity index (χ0) is 30.8. The van der Waals surface area contributed by atoms with Crippen LogP contribution >= 0.6 is 0 Å². The van der Waals surface area contributed by atoms with Crippen LogP contribution in [0.15, 0.2) is 77.7 Å². The van der Waals surface area contributed by atoms with Gasteiger partial charge in [0.2, 0.25) is 0 Å². The zero-order valence-electron chi connectivity index (χ0n) is 23.3. The molecule has 3 aromatic rings. The van der Waals surface area contributed by atoms with E-state index in [-0.39, 0.29) is 24.2 Å². The largest absolute Gasteiger partial charge is 0.489 e. The van der Waals surface area contributed by atoms with Gasteiger partial charge in [0.25, 0.3) is 15.8 Å². The molecule has 2 fully saturated rings. The van der Waals surface area contributed by atoms with E-state index in [9.17, 15) is 28.1 Å². The molecule has 15 heteroatoms. The van der Waals surface area contributed by atoms with Crippen molar-refractivity contribution in [1.82, 2.24) is 4.90 Å². The third-order valence-corrected chi connectivity index (χ3v) is 8.91. The number of anilines is 2. The lowest BCUT2D eigenvalue weighted by atomic mass is 10.1. The van der Waals surface area contributed by atoms with E-state index < -0.39 is 45.6 Å². The van der Waals surface area contributed by atoms with Crippen LogP contribution in [0, 0.1) is 10.1 Å². The van der Waals surface area contributed by atoms with Gasteiger partial charge >= 0.3 is 12.2 Å². The highest BCUT2D eigenvalue weighted by molar-refractivity contribution is 7.86.